The van der Waals surface area contributed by atoms with Gasteiger partial charge in [-0.25, -0.2) is 4.79 Å². The van der Waals surface area contributed by atoms with Crippen molar-refractivity contribution in [2.24, 2.45) is 0 Å². The number of hydrogen-bond donors (Lipinski definition) is 1. The van der Waals surface area contributed by atoms with Crippen LogP contribution in [0.5, 0.6) is 23.0 Å². The van der Waals surface area contributed by atoms with Crippen molar-refractivity contribution in [2.45, 2.75) is 13.0 Å². The van der Waals surface area contributed by atoms with Crippen LogP contribution in [0.1, 0.15) is 17.3 Å². The normalized spacial score (nSPS) is 15.3. The van der Waals surface area contributed by atoms with Crippen LogP contribution in [0.3, 0.4) is 0 Å². The molecule has 0 aliphatic carbocycles. The Hall–Kier alpha value is -3.42. The SMILES string of the molecule is CC(OC(=O)c1ccc2c(c1)OCCO2)C(=O)Nc1ccc2c(c1)OCCO2. The molecule has 0 saturated carbocycles. The van der Waals surface area contributed by atoms with Crippen molar-refractivity contribution >= 4 is 17.6 Å². The lowest BCUT2D eigenvalue weighted by Crippen LogP contribution is -2.30. The van der Waals surface area contributed by atoms with E-state index in [0.717, 1.165) is 0 Å². The molecule has 1 N–H and O–H groups in total. The molecule has 0 bridgehead atoms. The summed E-state index contributed by atoms with van der Waals surface area (Å²) in [6, 6.07) is 9.84. The summed E-state index contributed by atoms with van der Waals surface area (Å²) in [5.74, 6) is 1.16. The minimum atomic E-state index is -0.992. The van der Waals surface area contributed by atoms with Gasteiger partial charge in [0, 0.05) is 11.8 Å². The molecule has 2 heterocycles. The monoisotopic (exact) mass is 385 g/mol. The molecular weight excluding hydrogens is 366 g/mol. The minimum absolute atomic E-state index is 0.281. The van der Waals surface area contributed by atoms with Crippen molar-refractivity contribution in [2.75, 3.05) is 31.7 Å². The Labute approximate surface area is 161 Å². The largest absolute Gasteiger partial charge is 0.486 e. The fraction of sp³-hybridized carbons (Fsp3) is 0.300. The van der Waals surface area contributed by atoms with Crippen LogP contribution in [0.15, 0.2) is 36.4 Å². The van der Waals surface area contributed by atoms with Crippen molar-refractivity contribution in [1.29, 1.82) is 0 Å². The number of carbonyl (C=O) groups is 2. The summed E-state index contributed by atoms with van der Waals surface area (Å²) in [5.41, 5.74) is 0.805. The first-order chi connectivity index (χ1) is 13.6. The van der Waals surface area contributed by atoms with Gasteiger partial charge in [0.05, 0.1) is 5.56 Å². The van der Waals surface area contributed by atoms with Gasteiger partial charge in [-0.1, -0.05) is 0 Å². The van der Waals surface area contributed by atoms with Gasteiger partial charge in [-0.15, -0.1) is 0 Å². The molecule has 0 fully saturated rings. The summed E-state index contributed by atoms with van der Waals surface area (Å²) in [4.78, 5) is 24.7. The second kappa shape index (κ2) is 7.67. The molecule has 4 rings (SSSR count). The van der Waals surface area contributed by atoms with Crippen LogP contribution in [0, 0.1) is 0 Å². The molecule has 2 aromatic carbocycles. The number of anilines is 1. The number of rotatable bonds is 4. The smallest absolute Gasteiger partial charge is 0.339 e. The number of esters is 1. The lowest BCUT2D eigenvalue weighted by molar-refractivity contribution is -0.123. The van der Waals surface area contributed by atoms with Crippen LogP contribution in [-0.4, -0.2) is 44.4 Å². The highest BCUT2D eigenvalue weighted by Gasteiger charge is 2.22. The summed E-state index contributed by atoms with van der Waals surface area (Å²) in [7, 11) is 0. The molecule has 0 radical (unpaired) electrons. The highest BCUT2D eigenvalue weighted by Crippen LogP contribution is 2.33. The molecule has 8 nitrogen and oxygen atoms in total. The topological polar surface area (TPSA) is 92.3 Å². The van der Waals surface area contributed by atoms with Crippen LogP contribution >= 0.6 is 0 Å². The van der Waals surface area contributed by atoms with E-state index < -0.39 is 18.0 Å². The lowest BCUT2D eigenvalue weighted by Gasteiger charge is -2.20. The van der Waals surface area contributed by atoms with Gasteiger partial charge >= 0.3 is 5.97 Å². The molecule has 0 saturated heterocycles. The minimum Gasteiger partial charge on any atom is -0.486 e. The Morgan fingerprint density at radius 2 is 1.43 bits per heavy atom. The van der Waals surface area contributed by atoms with Gasteiger partial charge in [0.2, 0.25) is 0 Å². The van der Waals surface area contributed by atoms with E-state index in [1.807, 2.05) is 0 Å². The fourth-order valence-electron chi connectivity index (χ4n) is 2.82. The summed E-state index contributed by atoms with van der Waals surface area (Å²) in [6.07, 6.45) is -0.992. The van der Waals surface area contributed by atoms with E-state index in [0.29, 0.717) is 55.1 Å². The van der Waals surface area contributed by atoms with Gasteiger partial charge in [-0.05, 0) is 37.3 Å². The molecule has 2 aliphatic rings. The molecule has 0 aromatic heterocycles. The highest BCUT2D eigenvalue weighted by atomic mass is 16.6. The van der Waals surface area contributed by atoms with Crippen molar-refractivity contribution in [3.05, 3.63) is 42.0 Å². The zero-order chi connectivity index (χ0) is 19.5. The van der Waals surface area contributed by atoms with E-state index in [9.17, 15) is 9.59 Å². The Bertz CT molecular complexity index is 911. The van der Waals surface area contributed by atoms with E-state index in [2.05, 4.69) is 5.32 Å². The van der Waals surface area contributed by atoms with Crippen LogP contribution in [-0.2, 0) is 9.53 Å². The predicted molar refractivity (Wildman–Crippen MR) is 98.4 cm³/mol. The summed E-state index contributed by atoms with van der Waals surface area (Å²) in [6.45, 7) is 3.33. The molecule has 146 valence electrons. The number of amides is 1. The summed E-state index contributed by atoms with van der Waals surface area (Å²) < 4.78 is 27.1. The Balaban J connectivity index is 1.38. The van der Waals surface area contributed by atoms with Crippen LogP contribution < -0.4 is 24.3 Å². The Morgan fingerprint density at radius 3 is 2.11 bits per heavy atom. The van der Waals surface area contributed by atoms with Crippen LogP contribution in [0.25, 0.3) is 0 Å². The first-order valence-electron chi connectivity index (χ1n) is 8.91. The zero-order valence-corrected chi connectivity index (χ0v) is 15.2. The van der Waals surface area contributed by atoms with E-state index in [4.69, 9.17) is 23.7 Å². The number of nitrogens with one attached hydrogen (secondary N) is 1. The van der Waals surface area contributed by atoms with Gasteiger partial charge < -0.3 is 29.0 Å². The molecule has 1 atom stereocenters. The van der Waals surface area contributed by atoms with Gasteiger partial charge in [0.1, 0.15) is 26.4 Å². The number of ether oxygens (including phenoxy) is 5. The first-order valence-corrected chi connectivity index (χ1v) is 8.91. The molecule has 8 heteroatoms. The maximum absolute atomic E-state index is 12.4. The Kier molecular flexibility index (Phi) is 4.92. The highest BCUT2D eigenvalue weighted by molar-refractivity contribution is 5.97. The van der Waals surface area contributed by atoms with Gasteiger partial charge in [0.25, 0.3) is 5.91 Å². The third-order valence-electron chi connectivity index (χ3n) is 4.24. The zero-order valence-electron chi connectivity index (χ0n) is 15.2. The Morgan fingerprint density at radius 1 is 0.857 bits per heavy atom. The quantitative estimate of drug-likeness (QED) is 0.808. The molecule has 1 unspecified atom stereocenters. The second-order valence-corrected chi connectivity index (χ2v) is 6.25. The average Bonchev–Trinajstić information content (AvgIpc) is 2.73. The molecule has 1 amide bonds. The van der Waals surface area contributed by atoms with Gasteiger partial charge in [-0.2, -0.15) is 0 Å². The van der Waals surface area contributed by atoms with Crippen molar-refractivity contribution in [3.8, 4) is 23.0 Å². The lowest BCUT2D eigenvalue weighted by atomic mass is 10.2. The third kappa shape index (κ3) is 3.80. The van der Waals surface area contributed by atoms with Crippen molar-refractivity contribution < 1.29 is 33.3 Å². The van der Waals surface area contributed by atoms with Gasteiger partial charge in [0.15, 0.2) is 29.1 Å². The third-order valence-corrected chi connectivity index (χ3v) is 4.24. The van der Waals surface area contributed by atoms with Crippen molar-refractivity contribution in [3.63, 3.8) is 0 Å². The van der Waals surface area contributed by atoms with E-state index in [-0.39, 0.29) is 5.56 Å². The number of fused-ring (bicyclic) bond motifs is 2. The van der Waals surface area contributed by atoms with Crippen LogP contribution in [0.2, 0.25) is 0 Å². The van der Waals surface area contributed by atoms with Gasteiger partial charge in [-0.3, -0.25) is 4.79 Å². The molecular formula is C20H19NO7. The van der Waals surface area contributed by atoms with E-state index >= 15 is 0 Å². The molecule has 2 aliphatic heterocycles. The standard InChI is InChI=1S/C20H19NO7/c1-12(19(22)21-14-3-5-16-18(11-14)27-9-7-25-16)28-20(23)13-2-4-15-17(10-13)26-8-6-24-15/h2-5,10-12H,6-9H2,1H3,(H,21,22). The maximum Gasteiger partial charge on any atom is 0.339 e. The molecule has 28 heavy (non-hydrogen) atoms. The summed E-state index contributed by atoms with van der Waals surface area (Å²) in [5, 5.41) is 2.70. The van der Waals surface area contributed by atoms with Crippen LogP contribution in [0.4, 0.5) is 5.69 Å². The van der Waals surface area contributed by atoms with Crippen molar-refractivity contribution in [1.82, 2.24) is 0 Å². The number of hydrogen-bond acceptors (Lipinski definition) is 7. The first kappa shape index (κ1) is 18.0. The average molecular weight is 385 g/mol. The summed E-state index contributed by atoms with van der Waals surface area (Å²) >= 11 is 0. The molecule has 0 spiro atoms. The second-order valence-electron chi connectivity index (χ2n) is 6.25. The number of carbonyl (C=O) groups excluding carboxylic acids is 2. The predicted octanol–water partition coefficient (Wildman–Crippen LogP) is 2.41. The molecule has 2 aromatic rings. The van der Waals surface area contributed by atoms with E-state index in [1.54, 1.807) is 36.4 Å². The maximum atomic E-state index is 12.4. The fourth-order valence-corrected chi connectivity index (χ4v) is 2.82. The van der Waals surface area contributed by atoms with E-state index in [1.165, 1.54) is 6.92 Å². The number of benzene rings is 2.